The minimum atomic E-state index is -1.79. The first-order valence-corrected chi connectivity index (χ1v) is 8.19. The van der Waals surface area contributed by atoms with Crippen molar-refractivity contribution in [1.82, 2.24) is 5.32 Å². The van der Waals surface area contributed by atoms with E-state index in [1.165, 1.54) is 6.21 Å². The van der Waals surface area contributed by atoms with Crippen molar-refractivity contribution in [2.45, 2.75) is 5.66 Å². The number of hydrogen-bond acceptors (Lipinski definition) is 6. The van der Waals surface area contributed by atoms with Gasteiger partial charge in [-0.1, -0.05) is 30.3 Å². The maximum atomic E-state index is 12.0. The summed E-state index contributed by atoms with van der Waals surface area (Å²) in [6.45, 7) is 0.118. The Labute approximate surface area is 162 Å². The van der Waals surface area contributed by atoms with Gasteiger partial charge >= 0.3 is 23.9 Å². The van der Waals surface area contributed by atoms with Crippen LogP contribution >= 0.6 is 0 Å². The van der Waals surface area contributed by atoms with Gasteiger partial charge in [-0.3, -0.25) is 10.3 Å². The summed E-state index contributed by atoms with van der Waals surface area (Å²) in [6, 6.07) is 8.50. The number of rotatable bonds is 6. The van der Waals surface area contributed by atoms with Crippen LogP contribution in [0.2, 0.25) is 0 Å². The van der Waals surface area contributed by atoms with Gasteiger partial charge in [0.05, 0.1) is 22.3 Å². The van der Waals surface area contributed by atoms with Crippen LogP contribution in [0, 0.1) is 0 Å². The molecular formula is C19H14N2O8. The van der Waals surface area contributed by atoms with Gasteiger partial charge in [-0.2, -0.15) is 0 Å². The summed E-state index contributed by atoms with van der Waals surface area (Å²) in [5.41, 5.74) is -5.44. The summed E-state index contributed by atoms with van der Waals surface area (Å²) in [5, 5.41) is 41.4. The second-order valence-corrected chi connectivity index (χ2v) is 6.09. The summed E-state index contributed by atoms with van der Waals surface area (Å²) < 4.78 is 0. The molecule has 2 aromatic rings. The summed E-state index contributed by atoms with van der Waals surface area (Å²) in [6.07, 6.45) is 1.37. The third-order valence-corrected chi connectivity index (χ3v) is 4.50. The van der Waals surface area contributed by atoms with Crippen LogP contribution in [0.25, 0.3) is 0 Å². The molecule has 1 atom stereocenters. The van der Waals surface area contributed by atoms with Gasteiger partial charge in [0.2, 0.25) is 0 Å². The van der Waals surface area contributed by atoms with Crippen LogP contribution < -0.4 is 5.32 Å². The predicted octanol–water partition coefficient (Wildman–Crippen LogP) is 1.35. The van der Waals surface area contributed by atoms with E-state index in [1.807, 2.05) is 0 Å². The fourth-order valence-corrected chi connectivity index (χ4v) is 3.40. The molecule has 1 heterocycles. The van der Waals surface area contributed by atoms with E-state index in [0.717, 1.165) is 0 Å². The number of carboxylic acids is 4. The first-order chi connectivity index (χ1) is 13.7. The van der Waals surface area contributed by atoms with E-state index in [9.17, 15) is 39.6 Å². The molecule has 10 heteroatoms. The summed E-state index contributed by atoms with van der Waals surface area (Å²) in [4.78, 5) is 51.8. The number of aromatic carboxylic acids is 4. The van der Waals surface area contributed by atoms with Gasteiger partial charge in [0.15, 0.2) is 5.66 Å². The molecule has 0 aromatic heterocycles. The fraction of sp³-hybridized carbons (Fsp3) is 0.105. The lowest BCUT2D eigenvalue weighted by atomic mass is 9.81. The van der Waals surface area contributed by atoms with Crippen molar-refractivity contribution in [2.75, 3.05) is 6.54 Å². The van der Waals surface area contributed by atoms with E-state index in [1.54, 1.807) is 30.3 Å². The minimum absolute atomic E-state index is 0.118. The molecule has 0 fully saturated rings. The Kier molecular flexibility index (Phi) is 4.87. The van der Waals surface area contributed by atoms with Crippen LogP contribution in [-0.2, 0) is 5.66 Å². The number of hydrogen-bond donors (Lipinski definition) is 5. The van der Waals surface area contributed by atoms with E-state index in [2.05, 4.69) is 10.3 Å². The van der Waals surface area contributed by atoms with Gasteiger partial charge in [-0.15, -0.1) is 0 Å². The Balaban J connectivity index is 2.60. The normalized spacial score (nSPS) is 17.8. The van der Waals surface area contributed by atoms with Crippen molar-refractivity contribution < 1.29 is 39.6 Å². The molecule has 0 saturated carbocycles. The van der Waals surface area contributed by atoms with Crippen LogP contribution in [0.4, 0.5) is 0 Å². The highest BCUT2D eigenvalue weighted by atomic mass is 16.4. The van der Waals surface area contributed by atoms with Crippen molar-refractivity contribution in [2.24, 2.45) is 4.99 Å². The second-order valence-electron chi connectivity index (χ2n) is 6.09. The van der Waals surface area contributed by atoms with Crippen molar-refractivity contribution in [3.63, 3.8) is 0 Å². The van der Waals surface area contributed by atoms with Crippen LogP contribution in [0.1, 0.15) is 52.6 Å². The molecule has 1 aliphatic heterocycles. The molecule has 1 unspecified atom stereocenters. The van der Waals surface area contributed by atoms with Gasteiger partial charge in [0.1, 0.15) is 0 Å². The Hall–Kier alpha value is -4.05. The van der Waals surface area contributed by atoms with Crippen molar-refractivity contribution in [1.29, 1.82) is 0 Å². The number of benzene rings is 2. The molecule has 148 valence electrons. The van der Waals surface area contributed by atoms with Crippen molar-refractivity contribution in [3.05, 3.63) is 69.8 Å². The lowest BCUT2D eigenvalue weighted by Gasteiger charge is -2.31. The highest BCUT2D eigenvalue weighted by Crippen LogP contribution is 2.40. The maximum Gasteiger partial charge on any atom is 0.337 e. The van der Waals surface area contributed by atoms with Gasteiger partial charge in [0, 0.05) is 18.3 Å². The van der Waals surface area contributed by atoms with E-state index >= 15 is 0 Å². The van der Waals surface area contributed by atoms with Crippen LogP contribution in [0.5, 0.6) is 0 Å². The topological polar surface area (TPSA) is 174 Å². The molecule has 0 amide bonds. The molecule has 5 N–H and O–H groups in total. The van der Waals surface area contributed by atoms with Crippen LogP contribution in [0.15, 0.2) is 41.4 Å². The number of nitrogens with one attached hydrogen (secondary N) is 1. The second kappa shape index (κ2) is 7.17. The average Bonchev–Trinajstić information content (AvgIpc) is 3.17. The fourth-order valence-electron chi connectivity index (χ4n) is 3.40. The number of aliphatic imine (C=N–C) groups is 1. The quantitative estimate of drug-likeness (QED) is 0.481. The standard InChI is InChI=1S/C19H14N2O8/c22-15(23)10-8-11(16(24)25)13(18(28)29)14(12(10)17(26)27)19(20-6-7-21-19)9-4-2-1-3-5-9/h1-6,8,21H,7H2,(H,22,23)(H,24,25)(H,26,27)(H,28,29). The van der Waals surface area contributed by atoms with Crippen LogP contribution in [-0.4, -0.2) is 57.1 Å². The predicted molar refractivity (Wildman–Crippen MR) is 98.0 cm³/mol. The Bertz CT molecular complexity index is 1030. The van der Waals surface area contributed by atoms with Crippen molar-refractivity contribution >= 4 is 30.1 Å². The number of carboxylic acid groups (broad SMARTS) is 4. The molecule has 29 heavy (non-hydrogen) atoms. The molecule has 2 aromatic carbocycles. The summed E-state index contributed by atoms with van der Waals surface area (Å²) >= 11 is 0. The van der Waals surface area contributed by atoms with E-state index in [4.69, 9.17) is 0 Å². The maximum absolute atomic E-state index is 12.0. The lowest BCUT2D eigenvalue weighted by molar-refractivity contribution is 0.0632. The zero-order chi connectivity index (χ0) is 21.3. The third-order valence-electron chi connectivity index (χ3n) is 4.50. The van der Waals surface area contributed by atoms with Gasteiger partial charge < -0.3 is 20.4 Å². The first kappa shape index (κ1) is 19.7. The molecule has 3 rings (SSSR count). The molecule has 0 saturated heterocycles. The molecule has 0 aliphatic carbocycles. The molecule has 0 spiro atoms. The minimum Gasteiger partial charge on any atom is -0.478 e. The van der Waals surface area contributed by atoms with E-state index in [0.29, 0.717) is 11.6 Å². The SMILES string of the molecule is O=C(O)c1cc(C(=O)O)c(C(=O)O)c(C2(c3ccccc3)N=CCN2)c1C(=O)O. The molecule has 10 nitrogen and oxygen atoms in total. The molecule has 1 aliphatic rings. The summed E-state index contributed by atoms with van der Waals surface area (Å²) in [5.74, 6) is -6.88. The van der Waals surface area contributed by atoms with Crippen LogP contribution in [0.3, 0.4) is 0 Å². The largest absolute Gasteiger partial charge is 0.478 e. The van der Waals surface area contributed by atoms with E-state index in [-0.39, 0.29) is 6.54 Å². The highest BCUT2D eigenvalue weighted by molar-refractivity contribution is 6.11. The lowest BCUT2D eigenvalue weighted by Crippen LogP contribution is -2.42. The molecule has 0 radical (unpaired) electrons. The number of nitrogens with zero attached hydrogens (tertiary/aromatic N) is 1. The molecule has 0 bridgehead atoms. The Morgan fingerprint density at radius 2 is 1.34 bits per heavy atom. The van der Waals surface area contributed by atoms with E-state index < -0.39 is 57.4 Å². The summed E-state index contributed by atoms with van der Waals surface area (Å²) in [7, 11) is 0. The number of carbonyl (C=O) groups is 4. The zero-order valence-electron chi connectivity index (χ0n) is 14.6. The highest BCUT2D eigenvalue weighted by Gasteiger charge is 2.45. The average molecular weight is 398 g/mol. The third kappa shape index (κ3) is 3.11. The smallest absolute Gasteiger partial charge is 0.337 e. The van der Waals surface area contributed by atoms with Gasteiger partial charge in [-0.05, 0) is 11.6 Å². The van der Waals surface area contributed by atoms with Crippen molar-refractivity contribution in [3.8, 4) is 0 Å². The Morgan fingerprint density at radius 3 is 1.72 bits per heavy atom. The zero-order valence-corrected chi connectivity index (χ0v) is 14.6. The van der Waals surface area contributed by atoms with Gasteiger partial charge in [-0.25, -0.2) is 19.2 Å². The first-order valence-electron chi connectivity index (χ1n) is 8.19. The monoisotopic (exact) mass is 398 g/mol. The Morgan fingerprint density at radius 1 is 0.828 bits per heavy atom. The molecular weight excluding hydrogens is 384 g/mol. The van der Waals surface area contributed by atoms with Gasteiger partial charge in [0.25, 0.3) is 0 Å².